The lowest BCUT2D eigenvalue weighted by molar-refractivity contribution is 0.0173. The summed E-state index contributed by atoms with van der Waals surface area (Å²) in [5.74, 6) is 0.488. The van der Waals surface area contributed by atoms with Crippen molar-refractivity contribution < 1.29 is 9.13 Å². The molecule has 0 aromatic heterocycles. The molecule has 0 saturated carbocycles. The van der Waals surface area contributed by atoms with Crippen LogP contribution in [0, 0.1) is 0 Å². The molecule has 0 bridgehead atoms. The number of ether oxygens (including phenoxy) is 1. The van der Waals surface area contributed by atoms with Crippen LogP contribution in [0.5, 0.6) is 0 Å². The van der Waals surface area contributed by atoms with E-state index in [4.69, 9.17) is 4.74 Å². The Bertz CT molecular complexity index is 220. The molecule has 13 heavy (non-hydrogen) atoms. The summed E-state index contributed by atoms with van der Waals surface area (Å²) in [6, 6.07) is 0. The minimum Gasteiger partial charge on any atom is -0.485 e. The van der Waals surface area contributed by atoms with Gasteiger partial charge in [0.2, 0.25) is 0 Å². The van der Waals surface area contributed by atoms with Gasteiger partial charge in [-0.25, -0.2) is 4.39 Å². The van der Waals surface area contributed by atoms with Crippen LogP contribution in [0.1, 0.15) is 20.3 Å². The third kappa shape index (κ3) is 3.05. The molecule has 0 rings (SSSR count). The molecule has 0 N–H and O–H groups in total. The molecule has 0 fully saturated rings. The fraction of sp³-hybridized carbons (Fsp3) is 0.455. The van der Waals surface area contributed by atoms with Crippen LogP contribution in [0.2, 0.25) is 0 Å². The number of halogens is 1. The van der Waals surface area contributed by atoms with Gasteiger partial charge >= 0.3 is 0 Å². The highest BCUT2D eigenvalue weighted by Crippen LogP contribution is 2.27. The van der Waals surface area contributed by atoms with Crippen LogP contribution in [0.4, 0.5) is 4.39 Å². The summed E-state index contributed by atoms with van der Waals surface area (Å²) in [6.45, 7) is 13.7. The van der Waals surface area contributed by atoms with Crippen LogP contribution in [0.25, 0.3) is 0 Å². The first-order chi connectivity index (χ1) is 5.98. The zero-order valence-electron chi connectivity index (χ0n) is 8.40. The van der Waals surface area contributed by atoms with Gasteiger partial charge in [-0.1, -0.05) is 19.2 Å². The van der Waals surface area contributed by atoms with Crippen molar-refractivity contribution in [2.45, 2.75) is 25.9 Å². The summed E-state index contributed by atoms with van der Waals surface area (Å²) in [5.41, 5.74) is -0.314. The van der Waals surface area contributed by atoms with Crippen LogP contribution < -0.4 is 0 Å². The van der Waals surface area contributed by atoms with Gasteiger partial charge in [0.15, 0.2) is 5.60 Å². The highest BCUT2D eigenvalue weighted by atomic mass is 19.1. The highest BCUT2D eigenvalue weighted by molar-refractivity contribution is 5.14. The Morgan fingerprint density at radius 2 is 2.00 bits per heavy atom. The van der Waals surface area contributed by atoms with E-state index >= 15 is 0 Å². The summed E-state index contributed by atoms with van der Waals surface area (Å²) in [6.07, 6.45) is 2.03. The number of alkyl halides is 1. The zero-order chi connectivity index (χ0) is 10.5. The van der Waals surface area contributed by atoms with Gasteiger partial charge in [0.25, 0.3) is 0 Å². The smallest absolute Gasteiger partial charge is 0.160 e. The van der Waals surface area contributed by atoms with Crippen molar-refractivity contribution in [2.24, 2.45) is 0 Å². The monoisotopic (exact) mass is 184 g/mol. The van der Waals surface area contributed by atoms with Gasteiger partial charge in [0.05, 0.1) is 5.76 Å². The Labute approximate surface area is 79.6 Å². The largest absolute Gasteiger partial charge is 0.485 e. The third-order valence-corrected chi connectivity index (χ3v) is 1.84. The van der Waals surface area contributed by atoms with Crippen molar-refractivity contribution in [3.63, 3.8) is 0 Å². The first-order valence-electron chi connectivity index (χ1n) is 4.16. The second kappa shape index (κ2) is 4.85. The second-order valence-electron chi connectivity index (χ2n) is 3.21. The molecular formula is C11H17FO. The fourth-order valence-electron chi connectivity index (χ4n) is 1.07. The number of allylic oxidation sites excluding steroid dienone is 1. The van der Waals surface area contributed by atoms with Crippen molar-refractivity contribution in [1.29, 1.82) is 0 Å². The molecule has 0 aromatic rings. The summed E-state index contributed by atoms with van der Waals surface area (Å²) >= 11 is 0. The molecule has 0 aliphatic rings. The van der Waals surface area contributed by atoms with E-state index in [9.17, 15) is 4.39 Å². The third-order valence-electron chi connectivity index (χ3n) is 1.84. The fourth-order valence-corrected chi connectivity index (χ4v) is 1.07. The van der Waals surface area contributed by atoms with Gasteiger partial charge in [0, 0.05) is 6.42 Å². The van der Waals surface area contributed by atoms with E-state index in [2.05, 4.69) is 19.7 Å². The molecule has 1 unspecified atom stereocenters. The molecule has 0 aliphatic heterocycles. The van der Waals surface area contributed by atoms with Crippen molar-refractivity contribution in [3.8, 4) is 0 Å². The Hall–Kier alpha value is -1.05. The molecule has 0 aliphatic carbocycles. The minimum atomic E-state index is -0.965. The normalized spacial score (nSPS) is 14.4. The second-order valence-corrected chi connectivity index (χ2v) is 3.21. The predicted octanol–water partition coefficient (Wildman–Crippen LogP) is 3.40. The number of hydrogen-bond donors (Lipinski definition) is 0. The van der Waals surface area contributed by atoms with Crippen LogP contribution >= 0.6 is 0 Å². The molecule has 0 radical (unpaired) electrons. The van der Waals surface area contributed by atoms with E-state index < -0.39 is 12.3 Å². The van der Waals surface area contributed by atoms with Crippen LogP contribution in [-0.4, -0.2) is 12.3 Å². The summed E-state index contributed by atoms with van der Waals surface area (Å²) < 4.78 is 18.2. The molecule has 0 saturated heterocycles. The summed E-state index contributed by atoms with van der Waals surface area (Å²) in [4.78, 5) is 0. The molecular weight excluding hydrogens is 167 g/mol. The Kier molecular flexibility index (Phi) is 4.46. The van der Waals surface area contributed by atoms with Gasteiger partial charge < -0.3 is 4.74 Å². The topological polar surface area (TPSA) is 9.23 Å². The highest BCUT2D eigenvalue weighted by Gasteiger charge is 2.32. The van der Waals surface area contributed by atoms with E-state index in [1.807, 2.05) is 0 Å². The van der Waals surface area contributed by atoms with Gasteiger partial charge in [-0.15, -0.1) is 6.58 Å². The van der Waals surface area contributed by atoms with Crippen molar-refractivity contribution in [2.75, 3.05) is 6.67 Å². The van der Waals surface area contributed by atoms with Crippen molar-refractivity contribution >= 4 is 0 Å². The predicted molar refractivity (Wildman–Crippen MR) is 54.2 cm³/mol. The first kappa shape index (κ1) is 11.9. The average Bonchev–Trinajstić information content (AvgIpc) is 2.02. The molecule has 0 amide bonds. The first-order valence-corrected chi connectivity index (χ1v) is 4.16. The standard InChI is InChI=1S/C11H17FO/c1-6-7-11(8-12,9(2)3)13-10(4)5/h6H,1-2,4,7-8H2,3,5H3. The van der Waals surface area contributed by atoms with E-state index in [0.717, 1.165) is 0 Å². The molecule has 1 atom stereocenters. The van der Waals surface area contributed by atoms with Crippen LogP contribution in [0.15, 0.2) is 37.1 Å². The maximum absolute atomic E-state index is 12.8. The maximum Gasteiger partial charge on any atom is 0.160 e. The Morgan fingerprint density at radius 1 is 1.46 bits per heavy atom. The van der Waals surface area contributed by atoms with E-state index in [0.29, 0.717) is 17.8 Å². The van der Waals surface area contributed by atoms with Gasteiger partial charge in [-0.3, -0.25) is 0 Å². The molecule has 0 heterocycles. The lowest BCUT2D eigenvalue weighted by atomic mass is 9.93. The van der Waals surface area contributed by atoms with Gasteiger partial charge in [-0.2, -0.15) is 0 Å². The molecule has 1 nitrogen and oxygen atoms in total. The summed E-state index contributed by atoms with van der Waals surface area (Å²) in [5, 5.41) is 0. The Balaban J connectivity index is 4.73. The SMILES string of the molecule is C=CCC(CF)(OC(=C)C)C(=C)C. The zero-order valence-corrected chi connectivity index (χ0v) is 8.40. The molecule has 74 valence electrons. The lowest BCUT2D eigenvalue weighted by Gasteiger charge is -2.31. The number of rotatable bonds is 6. The maximum atomic E-state index is 12.8. The quantitative estimate of drug-likeness (QED) is 0.454. The average molecular weight is 184 g/mol. The van der Waals surface area contributed by atoms with Gasteiger partial charge in [-0.05, 0) is 19.4 Å². The molecule has 0 spiro atoms. The van der Waals surface area contributed by atoms with Crippen LogP contribution in [0.3, 0.4) is 0 Å². The van der Waals surface area contributed by atoms with E-state index in [1.165, 1.54) is 0 Å². The summed E-state index contributed by atoms with van der Waals surface area (Å²) in [7, 11) is 0. The molecule has 2 heteroatoms. The Morgan fingerprint density at radius 3 is 2.23 bits per heavy atom. The van der Waals surface area contributed by atoms with E-state index in [-0.39, 0.29) is 0 Å². The van der Waals surface area contributed by atoms with E-state index in [1.54, 1.807) is 19.9 Å². The lowest BCUT2D eigenvalue weighted by Crippen LogP contribution is -2.35. The van der Waals surface area contributed by atoms with Crippen molar-refractivity contribution in [3.05, 3.63) is 37.1 Å². The van der Waals surface area contributed by atoms with Crippen molar-refractivity contribution in [1.82, 2.24) is 0 Å². The molecule has 0 aromatic carbocycles. The van der Waals surface area contributed by atoms with Gasteiger partial charge in [0.1, 0.15) is 6.67 Å². The minimum absolute atomic E-state index is 0.408. The van der Waals surface area contributed by atoms with Crippen LogP contribution in [-0.2, 0) is 4.74 Å². The number of hydrogen-bond acceptors (Lipinski definition) is 1.